The van der Waals surface area contributed by atoms with Crippen LogP contribution in [0.3, 0.4) is 0 Å². The highest BCUT2D eigenvalue weighted by Gasteiger charge is 2.46. The fraction of sp³-hybridized carbons (Fsp3) is 0.294. The summed E-state index contributed by atoms with van der Waals surface area (Å²) in [7, 11) is 0. The van der Waals surface area contributed by atoms with Gasteiger partial charge in [-0.1, -0.05) is 18.2 Å². The van der Waals surface area contributed by atoms with Crippen LogP contribution in [0, 0.1) is 11.8 Å². The molecule has 2 atom stereocenters. The summed E-state index contributed by atoms with van der Waals surface area (Å²) in [4.78, 5) is 18.8. The number of piperidine rings is 1. The Labute approximate surface area is 123 Å². The molecule has 1 saturated carbocycles. The highest BCUT2D eigenvalue weighted by atomic mass is 16.5. The van der Waals surface area contributed by atoms with Gasteiger partial charge in [-0.15, -0.1) is 0 Å². The van der Waals surface area contributed by atoms with E-state index in [9.17, 15) is 4.79 Å². The van der Waals surface area contributed by atoms with Crippen LogP contribution in [0.25, 0.3) is 0 Å². The maximum absolute atomic E-state index is 12.6. The maximum Gasteiger partial charge on any atom is 0.259 e. The van der Waals surface area contributed by atoms with Crippen LogP contribution in [-0.2, 0) is 0 Å². The molecular formula is C17H16N2O2. The molecule has 1 saturated heterocycles. The van der Waals surface area contributed by atoms with E-state index in [-0.39, 0.29) is 5.91 Å². The normalized spacial score (nSPS) is 22.8. The smallest absolute Gasteiger partial charge is 0.259 e. The summed E-state index contributed by atoms with van der Waals surface area (Å²) in [5, 5.41) is 0. The van der Waals surface area contributed by atoms with Gasteiger partial charge in [0.25, 0.3) is 5.91 Å². The van der Waals surface area contributed by atoms with Crippen LogP contribution in [0.5, 0.6) is 11.6 Å². The number of ether oxygens (including phenoxy) is 1. The van der Waals surface area contributed by atoms with E-state index in [1.807, 2.05) is 35.2 Å². The molecule has 0 radical (unpaired) electrons. The Morgan fingerprint density at radius 3 is 2.62 bits per heavy atom. The largest absolute Gasteiger partial charge is 0.438 e. The Bertz CT molecular complexity index is 662. The molecule has 4 rings (SSSR count). The van der Waals surface area contributed by atoms with E-state index >= 15 is 0 Å². The second-order valence-corrected chi connectivity index (χ2v) is 5.74. The summed E-state index contributed by atoms with van der Waals surface area (Å²) < 4.78 is 5.77. The van der Waals surface area contributed by atoms with Crippen molar-refractivity contribution < 1.29 is 9.53 Å². The van der Waals surface area contributed by atoms with Crippen LogP contribution >= 0.6 is 0 Å². The number of pyridine rings is 1. The SMILES string of the molecule is O=C(c1cccnc1Oc1ccccc1)N1CC2CC2C1. The van der Waals surface area contributed by atoms with Crippen LogP contribution in [-0.4, -0.2) is 28.9 Å². The lowest BCUT2D eigenvalue weighted by atomic mass is 10.2. The van der Waals surface area contributed by atoms with Gasteiger partial charge < -0.3 is 9.64 Å². The molecule has 4 nitrogen and oxygen atoms in total. The number of fused-ring (bicyclic) bond motifs is 1. The zero-order valence-corrected chi connectivity index (χ0v) is 11.6. The number of rotatable bonds is 3. The quantitative estimate of drug-likeness (QED) is 0.868. The Hall–Kier alpha value is -2.36. The molecule has 1 aliphatic heterocycles. The fourth-order valence-electron chi connectivity index (χ4n) is 2.97. The lowest BCUT2D eigenvalue weighted by Gasteiger charge is -2.19. The molecular weight excluding hydrogens is 264 g/mol. The number of likely N-dealkylation sites (tertiary alicyclic amines) is 1. The van der Waals surface area contributed by atoms with Gasteiger partial charge >= 0.3 is 0 Å². The van der Waals surface area contributed by atoms with Crippen molar-refractivity contribution in [2.24, 2.45) is 11.8 Å². The number of aromatic nitrogens is 1. The van der Waals surface area contributed by atoms with Crippen molar-refractivity contribution in [1.82, 2.24) is 9.88 Å². The summed E-state index contributed by atoms with van der Waals surface area (Å²) in [6.45, 7) is 1.76. The first-order valence-electron chi connectivity index (χ1n) is 7.28. The first-order valence-corrected chi connectivity index (χ1v) is 7.28. The van der Waals surface area contributed by atoms with Crippen molar-refractivity contribution >= 4 is 5.91 Å². The van der Waals surface area contributed by atoms with Crippen molar-refractivity contribution in [2.75, 3.05) is 13.1 Å². The third-order valence-electron chi connectivity index (χ3n) is 4.23. The number of benzene rings is 1. The molecule has 2 aromatic rings. The van der Waals surface area contributed by atoms with E-state index in [4.69, 9.17) is 4.74 Å². The van der Waals surface area contributed by atoms with E-state index in [1.165, 1.54) is 6.42 Å². The second kappa shape index (κ2) is 4.88. The van der Waals surface area contributed by atoms with Gasteiger partial charge in [-0.05, 0) is 42.5 Å². The van der Waals surface area contributed by atoms with Crippen molar-refractivity contribution in [2.45, 2.75) is 6.42 Å². The molecule has 0 spiro atoms. The number of carbonyl (C=O) groups is 1. The van der Waals surface area contributed by atoms with Gasteiger partial charge in [0.05, 0.1) is 0 Å². The molecule has 106 valence electrons. The van der Waals surface area contributed by atoms with Gasteiger partial charge in [0.15, 0.2) is 0 Å². The molecule has 2 unspecified atom stereocenters. The van der Waals surface area contributed by atoms with E-state index in [1.54, 1.807) is 18.3 Å². The van der Waals surface area contributed by atoms with Crippen LogP contribution in [0.1, 0.15) is 16.8 Å². The molecule has 1 aromatic heterocycles. The maximum atomic E-state index is 12.6. The Morgan fingerprint density at radius 2 is 1.86 bits per heavy atom. The van der Waals surface area contributed by atoms with Crippen LogP contribution in [0.15, 0.2) is 48.7 Å². The topological polar surface area (TPSA) is 42.4 Å². The van der Waals surface area contributed by atoms with Crippen molar-refractivity contribution in [1.29, 1.82) is 0 Å². The summed E-state index contributed by atoms with van der Waals surface area (Å²) >= 11 is 0. The molecule has 2 aliphatic rings. The zero-order valence-electron chi connectivity index (χ0n) is 11.6. The first kappa shape index (κ1) is 12.4. The molecule has 0 bridgehead atoms. The predicted octanol–water partition coefficient (Wildman–Crippen LogP) is 2.97. The zero-order chi connectivity index (χ0) is 14.2. The highest BCUT2D eigenvalue weighted by Crippen LogP contribution is 2.45. The molecule has 2 heterocycles. The average molecular weight is 280 g/mol. The van der Waals surface area contributed by atoms with Gasteiger partial charge in [0.1, 0.15) is 11.3 Å². The summed E-state index contributed by atoms with van der Waals surface area (Å²) in [6.07, 6.45) is 2.93. The summed E-state index contributed by atoms with van der Waals surface area (Å²) in [6, 6.07) is 13.0. The molecule has 2 fully saturated rings. The molecule has 1 aromatic carbocycles. The number of para-hydroxylation sites is 1. The minimum atomic E-state index is 0.0289. The van der Waals surface area contributed by atoms with Crippen molar-refractivity contribution in [3.8, 4) is 11.6 Å². The molecule has 4 heteroatoms. The number of hydrogen-bond donors (Lipinski definition) is 0. The molecule has 0 N–H and O–H groups in total. The van der Waals surface area contributed by atoms with E-state index < -0.39 is 0 Å². The van der Waals surface area contributed by atoms with Crippen molar-refractivity contribution in [3.63, 3.8) is 0 Å². The minimum Gasteiger partial charge on any atom is -0.438 e. The number of amides is 1. The van der Waals surface area contributed by atoms with E-state index in [2.05, 4.69) is 4.98 Å². The number of nitrogens with zero attached hydrogens (tertiary/aromatic N) is 2. The lowest BCUT2D eigenvalue weighted by Crippen LogP contribution is -2.30. The summed E-state index contributed by atoms with van der Waals surface area (Å²) in [5.74, 6) is 2.55. The van der Waals surface area contributed by atoms with Crippen LogP contribution in [0.2, 0.25) is 0 Å². The highest BCUT2D eigenvalue weighted by molar-refractivity contribution is 5.96. The molecule has 21 heavy (non-hydrogen) atoms. The average Bonchev–Trinajstić information content (AvgIpc) is 3.14. The monoisotopic (exact) mass is 280 g/mol. The first-order chi connectivity index (χ1) is 10.3. The Balaban J connectivity index is 1.58. The van der Waals surface area contributed by atoms with E-state index in [0.29, 0.717) is 17.2 Å². The van der Waals surface area contributed by atoms with Gasteiger partial charge in [0, 0.05) is 19.3 Å². The number of carbonyl (C=O) groups excluding carboxylic acids is 1. The van der Waals surface area contributed by atoms with Gasteiger partial charge in [-0.2, -0.15) is 0 Å². The second-order valence-electron chi connectivity index (χ2n) is 5.74. The predicted molar refractivity (Wildman–Crippen MR) is 78.3 cm³/mol. The molecule has 1 amide bonds. The van der Waals surface area contributed by atoms with Gasteiger partial charge in [-0.25, -0.2) is 4.98 Å². The number of hydrogen-bond acceptors (Lipinski definition) is 3. The van der Waals surface area contributed by atoms with Crippen LogP contribution in [0.4, 0.5) is 0 Å². The lowest BCUT2D eigenvalue weighted by molar-refractivity contribution is 0.0772. The van der Waals surface area contributed by atoms with E-state index in [0.717, 1.165) is 24.9 Å². The van der Waals surface area contributed by atoms with Gasteiger partial charge in [-0.3, -0.25) is 4.79 Å². The minimum absolute atomic E-state index is 0.0289. The Kier molecular flexibility index (Phi) is 2.88. The molecule has 1 aliphatic carbocycles. The standard InChI is InChI=1S/C17H16N2O2/c20-17(19-10-12-9-13(12)11-19)15-7-4-8-18-16(15)21-14-5-2-1-3-6-14/h1-8,12-13H,9-11H2. The third-order valence-corrected chi connectivity index (χ3v) is 4.23. The van der Waals surface area contributed by atoms with Crippen molar-refractivity contribution in [3.05, 3.63) is 54.2 Å². The van der Waals surface area contributed by atoms with Gasteiger partial charge in [0.2, 0.25) is 5.88 Å². The van der Waals surface area contributed by atoms with Crippen LogP contribution < -0.4 is 4.74 Å². The fourth-order valence-corrected chi connectivity index (χ4v) is 2.97. The third kappa shape index (κ3) is 2.37. The Morgan fingerprint density at radius 1 is 1.10 bits per heavy atom. The summed E-state index contributed by atoms with van der Waals surface area (Å²) in [5.41, 5.74) is 0.544.